The summed E-state index contributed by atoms with van der Waals surface area (Å²) in [5.74, 6) is 0.396. The quantitative estimate of drug-likeness (QED) is 0.643. The van der Waals surface area contributed by atoms with E-state index in [-0.39, 0.29) is 11.8 Å². The number of phenols is 1. The van der Waals surface area contributed by atoms with Gasteiger partial charge in [0.05, 0.1) is 11.9 Å². The average Bonchev–Trinajstić information content (AvgIpc) is 3.37. The summed E-state index contributed by atoms with van der Waals surface area (Å²) in [5, 5.41) is 28.6. The predicted molar refractivity (Wildman–Crippen MR) is 101 cm³/mol. The molecule has 2 aromatic heterocycles. The molecular formula is C20H20FN5O2. The Morgan fingerprint density at radius 1 is 1.11 bits per heavy atom. The lowest BCUT2D eigenvalue weighted by Crippen LogP contribution is -2.51. The summed E-state index contributed by atoms with van der Waals surface area (Å²) >= 11 is 0. The molecule has 4 heterocycles. The van der Waals surface area contributed by atoms with Gasteiger partial charge in [-0.05, 0) is 36.6 Å². The molecule has 3 aromatic rings. The minimum atomic E-state index is -1.04. The average molecular weight is 381 g/mol. The molecule has 1 aromatic carbocycles. The molecule has 2 aliphatic heterocycles. The van der Waals surface area contributed by atoms with E-state index >= 15 is 0 Å². The number of phenolic OH excluding ortho intramolecular Hbond substituents is 1. The number of aromatic hydroxyl groups is 1. The molecule has 2 aliphatic rings. The smallest absolute Gasteiger partial charge is 0.233 e. The summed E-state index contributed by atoms with van der Waals surface area (Å²) in [5.41, 5.74) is 2.81. The number of nitrogens with one attached hydrogen (secondary N) is 2. The highest BCUT2D eigenvalue weighted by molar-refractivity contribution is 5.73. The van der Waals surface area contributed by atoms with Crippen molar-refractivity contribution in [2.24, 2.45) is 0 Å². The van der Waals surface area contributed by atoms with E-state index in [9.17, 15) is 9.50 Å². The lowest BCUT2D eigenvalue weighted by molar-refractivity contribution is 0.0422. The predicted octanol–water partition coefficient (Wildman–Crippen LogP) is 2.85. The number of nitrogens with zero attached hydrogens (tertiary/aromatic N) is 3. The number of H-pyrrole nitrogens is 1. The van der Waals surface area contributed by atoms with Crippen molar-refractivity contribution < 1.29 is 14.2 Å². The molecule has 144 valence electrons. The number of aromatic amines is 1. The number of hydrogen-bond acceptors (Lipinski definition) is 6. The van der Waals surface area contributed by atoms with Gasteiger partial charge in [-0.2, -0.15) is 5.10 Å². The Morgan fingerprint density at radius 3 is 2.79 bits per heavy atom. The molecule has 2 saturated heterocycles. The molecule has 3 N–H and O–H groups in total. The van der Waals surface area contributed by atoms with E-state index in [1.165, 1.54) is 0 Å². The molecule has 4 atom stereocenters. The highest BCUT2D eigenvalue weighted by Gasteiger charge is 2.43. The van der Waals surface area contributed by atoms with Crippen LogP contribution in [0.3, 0.4) is 0 Å². The molecule has 0 spiro atoms. The Balaban J connectivity index is 1.32. The summed E-state index contributed by atoms with van der Waals surface area (Å²) in [6.07, 6.45) is 4.38. The third-order valence-corrected chi connectivity index (χ3v) is 5.55. The van der Waals surface area contributed by atoms with Gasteiger partial charge in [-0.3, -0.25) is 5.10 Å². The lowest BCUT2D eigenvalue weighted by atomic mass is 10.0. The first-order valence-corrected chi connectivity index (χ1v) is 9.40. The van der Waals surface area contributed by atoms with Crippen molar-refractivity contribution >= 4 is 0 Å². The maximum Gasteiger partial charge on any atom is 0.233 e. The van der Waals surface area contributed by atoms with Gasteiger partial charge in [0.1, 0.15) is 11.9 Å². The van der Waals surface area contributed by atoms with Crippen LogP contribution in [0.4, 0.5) is 4.39 Å². The number of alkyl halides is 1. The molecule has 2 bridgehead atoms. The zero-order valence-corrected chi connectivity index (χ0v) is 15.0. The third-order valence-electron chi connectivity index (χ3n) is 5.55. The summed E-state index contributed by atoms with van der Waals surface area (Å²) in [4.78, 5) is 0. The molecule has 5 rings (SSSR count). The van der Waals surface area contributed by atoms with E-state index in [4.69, 9.17) is 4.74 Å². The molecule has 0 radical (unpaired) electrons. The van der Waals surface area contributed by atoms with Gasteiger partial charge in [0.2, 0.25) is 5.88 Å². The Labute approximate surface area is 161 Å². The molecule has 1 unspecified atom stereocenters. The van der Waals surface area contributed by atoms with Crippen molar-refractivity contribution in [2.75, 3.05) is 0 Å². The number of rotatable bonds is 4. The number of benzene rings is 1. The van der Waals surface area contributed by atoms with Gasteiger partial charge in [-0.25, -0.2) is 4.39 Å². The summed E-state index contributed by atoms with van der Waals surface area (Å²) in [6.45, 7) is 0. The maximum absolute atomic E-state index is 14.5. The first kappa shape index (κ1) is 17.1. The monoisotopic (exact) mass is 381 g/mol. The first-order valence-electron chi connectivity index (χ1n) is 9.40. The number of piperidine rings is 1. The van der Waals surface area contributed by atoms with Crippen molar-refractivity contribution in [2.45, 2.75) is 43.6 Å². The second-order valence-corrected chi connectivity index (χ2v) is 7.36. The molecule has 2 fully saturated rings. The van der Waals surface area contributed by atoms with Crippen LogP contribution in [0, 0.1) is 0 Å². The summed E-state index contributed by atoms with van der Waals surface area (Å²) in [6, 6.07) is 8.90. The minimum Gasteiger partial charge on any atom is -0.507 e. The molecule has 0 aliphatic carbocycles. The van der Waals surface area contributed by atoms with Gasteiger partial charge in [0, 0.05) is 41.9 Å². The zero-order chi connectivity index (χ0) is 19.1. The van der Waals surface area contributed by atoms with E-state index in [1.807, 2.05) is 6.07 Å². The van der Waals surface area contributed by atoms with Gasteiger partial charge in [0.15, 0.2) is 6.17 Å². The molecule has 8 heteroatoms. The van der Waals surface area contributed by atoms with Crippen LogP contribution in [0.1, 0.15) is 19.3 Å². The summed E-state index contributed by atoms with van der Waals surface area (Å²) < 4.78 is 20.3. The van der Waals surface area contributed by atoms with Crippen molar-refractivity contribution in [1.82, 2.24) is 25.7 Å². The van der Waals surface area contributed by atoms with Crippen LogP contribution in [0.2, 0.25) is 0 Å². The standard InChI is InChI=1S/C20H20FN5O2/c21-20-16-4-2-13(24-16)8-18(20)28-19-6-5-15(25-26-19)14-3-1-11(7-17(14)27)12-9-22-23-10-12/h1,3,5-7,9-10,13,16,18,20,24,27H,2,4,8H2,(H,22,23)/t13?,16-,18+,20+/m0/s1. The minimum absolute atomic E-state index is 0.0976. The van der Waals surface area contributed by atoms with Crippen molar-refractivity contribution in [3.8, 4) is 34.0 Å². The highest BCUT2D eigenvalue weighted by atomic mass is 19.1. The van der Waals surface area contributed by atoms with E-state index < -0.39 is 12.3 Å². The third kappa shape index (κ3) is 3.09. The summed E-state index contributed by atoms with van der Waals surface area (Å²) in [7, 11) is 0. The van der Waals surface area contributed by atoms with Gasteiger partial charge in [-0.1, -0.05) is 6.07 Å². The topological polar surface area (TPSA) is 96.0 Å². The largest absolute Gasteiger partial charge is 0.507 e. The lowest BCUT2D eigenvalue weighted by Gasteiger charge is -2.32. The Hall–Kier alpha value is -3.00. The number of fused-ring (bicyclic) bond motifs is 2. The molecule has 28 heavy (non-hydrogen) atoms. The Kier molecular flexibility index (Phi) is 4.20. The van der Waals surface area contributed by atoms with Gasteiger partial charge in [0.25, 0.3) is 0 Å². The molecule has 7 nitrogen and oxygen atoms in total. The van der Waals surface area contributed by atoms with Gasteiger partial charge >= 0.3 is 0 Å². The second-order valence-electron chi connectivity index (χ2n) is 7.36. The zero-order valence-electron chi connectivity index (χ0n) is 15.0. The molecule has 0 amide bonds. The normalized spacial score (nSPS) is 26.3. The van der Waals surface area contributed by atoms with Crippen molar-refractivity contribution in [3.63, 3.8) is 0 Å². The van der Waals surface area contributed by atoms with E-state index in [1.54, 1.807) is 36.7 Å². The van der Waals surface area contributed by atoms with Crippen molar-refractivity contribution in [3.05, 3.63) is 42.7 Å². The molecule has 0 saturated carbocycles. The van der Waals surface area contributed by atoms with Crippen molar-refractivity contribution in [1.29, 1.82) is 0 Å². The fourth-order valence-corrected chi connectivity index (χ4v) is 4.09. The van der Waals surface area contributed by atoms with E-state index in [0.717, 1.165) is 24.0 Å². The first-order chi connectivity index (χ1) is 13.7. The molecular weight excluding hydrogens is 361 g/mol. The SMILES string of the molecule is Oc1cc(-c2cn[nH]c2)ccc1-c1ccc(O[C@@H]2CC3CC[C@H](N3)[C@H]2F)nn1. The van der Waals surface area contributed by atoms with Crippen LogP contribution in [-0.4, -0.2) is 49.9 Å². The van der Waals surface area contributed by atoms with E-state index in [2.05, 4.69) is 25.7 Å². The van der Waals surface area contributed by atoms with Crippen LogP contribution in [-0.2, 0) is 0 Å². The van der Waals surface area contributed by atoms with Crippen LogP contribution < -0.4 is 10.1 Å². The number of hydrogen-bond donors (Lipinski definition) is 3. The van der Waals surface area contributed by atoms with Crippen LogP contribution in [0.5, 0.6) is 11.6 Å². The Bertz CT molecular complexity index is 963. The Morgan fingerprint density at radius 2 is 2.04 bits per heavy atom. The van der Waals surface area contributed by atoms with Gasteiger partial charge in [-0.15, -0.1) is 10.2 Å². The number of aromatic nitrogens is 4. The fourth-order valence-electron chi connectivity index (χ4n) is 4.09. The highest BCUT2D eigenvalue weighted by Crippen LogP contribution is 2.34. The van der Waals surface area contributed by atoms with Crippen LogP contribution >= 0.6 is 0 Å². The van der Waals surface area contributed by atoms with Crippen LogP contribution in [0.15, 0.2) is 42.7 Å². The van der Waals surface area contributed by atoms with Gasteiger partial charge < -0.3 is 15.2 Å². The second kappa shape index (κ2) is 6.87. The van der Waals surface area contributed by atoms with Crippen LogP contribution in [0.25, 0.3) is 22.4 Å². The van der Waals surface area contributed by atoms with E-state index in [0.29, 0.717) is 29.6 Å². The number of ether oxygens (including phenoxy) is 1. The maximum atomic E-state index is 14.5. The number of halogens is 1. The fraction of sp³-hybridized carbons (Fsp3) is 0.350.